The van der Waals surface area contributed by atoms with E-state index in [1.165, 1.54) is 0 Å². The van der Waals surface area contributed by atoms with Crippen LogP contribution in [0.2, 0.25) is 0 Å². The van der Waals surface area contributed by atoms with E-state index in [9.17, 15) is 9.59 Å². The van der Waals surface area contributed by atoms with E-state index in [4.69, 9.17) is 5.11 Å². The van der Waals surface area contributed by atoms with Gasteiger partial charge in [0, 0.05) is 0 Å². The van der Waals surface area contributed by atoms with Crippen molar-refractivity contribution in [2.24, 2.45) is 0 Å². The summed E-state index contributed by atoms with van der Waals surface area (Å²) in [5.74, 6) is -0.924. The molecule has 0 aliphatic rings. The van der Waals surface area contributed by atoms with Gasteiger partial charge < -0.3 is 10.4 Å². The van der Waals surface area contributed by atoms with Crippen LogP contribution in [-0.4, -0.2) is 28.5 Å². The first-order chi connectivity index (χ1) is 8.90. The number of aryl methyl sites for hydroxylation is 2. The molecule has 0 aromatic heterocycles. The molecule has 1 rings (SSSR count). The van der Waals surface area contributed by atoms with Crippen molar-refractivity contribution >= 4 is 23.6 Å². The predicted molar refractivity (Wildman–Crippen MR) is 77.4 cm³/mol. The van der Waals surface area contributed by atoms with Gasteiger partial charge in [-0.3, -0.25) is 9.59 Å². The number of thioether (sulfide) groups is 1. The Balaban J connectivity index is 2.54. The fourth-order valence-electron chi connectivity index (χ4n) is 1.82. The smallest absolute Gasteiger partial charge is 0.313 e. The molecule has 0 saturated heterocycles. The first kappa shape index (κ1) is 15.6. The number of carboxylic acids is 1. The van der Waals surface area contributed by atoms with Crippen molar-refractivity contribution in [2.45, 2.75) is 26.8 Å². The first-order valence-electron chi connectivity index (χ1n) is 6.06. The van der Waals surface area contributed by atoms with Gasteiger partial charge in [-0.1, -0.05) is 23.8 Å². The minimum atomic E-state index is -0.902. The summed E-state index contributed by atoms with van der Waals surface area (Å²) < 4.78 is 0. The van der Waals surface area contributed by atoms with Gasteiger partial charge in [-0.25, -0.2) is 0 Å². The topological polar surface area (TPSA) is 66.4 Å². The molecule has 5 heteroatoms. The Kier molecular flexibility index (Phi) is 5.89. The van der Waals surface area contributed by atoms with Gasteiger partial charge in [-0.2, -0.15) is 0 Å². The maximum absolute atomic E-state index is 11.7. The fourth-order valence-corrected chi connectivity index (χ4v) is 2.36. The van der Waals surface area contributed by atoms with E-state index in [-0.39, 0.29) is 23.5 Å². The van der Waals surface area contributed by atoms with E-state index in [2.05, 4.69) is 11.4 Å². The fraction of sp³-hybridized carbons (Fsp3) is 0.429. The average molecular weight is 281 g/mol. The summed E-state index contributed by atoms with van der Waals surface area (Å²) in [4.78, 5) is 22.0. The SMILES string of the molecule is Cc1ccc(C)c(C(C)NC(=O)CSCC(=O)O)c1. The molecule has 1 unspecified atom stereocenters. The Bertz CT molecular complexity index is 474. The summed E-state index contributed by atoms with van der Waals surface area (Å²) in [5, 5.41) is 11.4. The van der Waals surface area contributed by atoms with Crippen LogP contribution in [0.5, 0.6) is 0 Å². The van der Waals surface area contributed by atoms with Crippen molar-refractivity contribution in [1.29, 1.82) is 0 Å². The number of amides is 1. The number of hydrogen-bond donors (Lipinski definition) is 2. The lowest BCUT2D eigenvalue weighted by molar-refractivity contribution is -0.133. The molecule has 1 aromatic carbocycles. The lowest BCUT2D eigenvalue weighted by atomic mass is 10.00. The van der Waals surface area contributed by atoms with Gasteiger partial charge >= 0.3 is 5.97 Å². The molecule has 0 bridgehead atoms. The maximum atomic E-state index is 11.7. The minimum absolute atomic E-state index is 0.0503. The van der Waals surface area contributed by atoms with Crippen LogP contribution in [0.1, 0.15) is 29.7 Å². The molecule has 1 atom stereocenters. The molecule has 0 aliphatic heterocycles. The van der Waals surface area contributed by atoms with E-state index in [0.29, 0.717) is 0 Å². The van der Waals surface area contributed by atoms with E-state index in [1.807, 2.05) is 32.9 Å². The van der Waals surface area contributed by atoms with Crippen molar-refractivity contribution in [2.75, 3.05) is 11.5 Å². The lowest BCUT2D eigenvalue weighted by Crippen LogP contribution is -2.29. The molecule has 0 saturated carbocycles. The number of carboxylic acid groups (broad SMARTS) is 1. The van der Waals surface area contributed by atoms with Crippen molar-refractivity contribution in [3.05, 3.63) is 34.9 Å². The second-order valence-corrected chi connectivity index (χ2v) is 5.52. The molecule has 0 spiro atoms. The van der Waals surface area contributed by atoms with Crippen LogP contribution >= 0.6 is 11.8 Å². The van der Waals surface area contributed by atoms with Crippen LogP contribution in [0.25, 0.3) is 0 Å². The van der Waals surface area contributed by atoms with Crippen molar-refractivity contribution in [1.82, 2.24) is 5.32 Å². The molecule has 0 aliphatic carbocycles. The second-order valence-electron chi connectivity index (χ2n) is 4.54. The summed E-state index contributed by atoms with van der Waals surface area (Å²) in [5.41, 5.74) is 3.38. The molecule has 19 heavy (non-hydrogen) atoms. The average Bonchev–Trinajstić information content (AvgIpc) is 2.31. The zero-order valence-corrected chi connectivity index (χ0v) is 12.2. The highest BCUT2D eigenvalue weighted by atomic mass is 32.2. The zero-order valence-electron chi connectivity index (χ0n) is 11.4. The highest BCUT2D eigenvalue weighted by Crippen LogP contribution is 2.18. The van der Waals surface area contributed by atoms with Crippen LogP contribution < -0.4 is 5.32 Å². The van der Waals surface area contributed by atoms with Crippen molar-refractivity contribution < 1.29 is 14.7 Å². The molecular formula is C14H19NO3S. The van der Waals surface area contributed by atoms with Crippen LogP contribution in [-0.2, 0) is 9.59 Å². The molecule has 0 radical (unpaired) electrons. The Morgan fingerprint density at radius 1 is 1.32 bits per heavy atom. The molecule has 1 amide bonds. The van der Waals surface area contributed by atoms with Gasteiger partial charge in [-0.15, -0.1) is 11.8 Å². The quantitative estimate of drug-likeness (QED) is 0.839. The largest absolute Gasteiger partial charge is 0.481 e. The van der Waals surface area contributed by atoms with Crippen molar-refractivity contribution in [3.8, 4) is 0 Å². The van der Waals surface area contributed by atoms with Crippen LogP contribution in [0, 0.1) is 13.8 Å². The highest BCUT2D eigenvalue weighted by molar-refractivity contribution is 8.00. The van der Waals surface area contributed by atoms with E-state index in [0.717, 1.165) is 28.5 Å². The number of carbonyl (C=O) groups excluding carboxylic acids is 1. The lowest BCUT2D eigenvalue weighted by Gasteiger charge is -2.17. The molecule has 4 nitrogen and oxygen atoms in total. The van der Waals surface area contributed by atoms with Crippen molar-refractivity contribution in [3.63, 3.8) is 0 Å². The maximum Gasteiger partial charge on any atom is 0.313 e. The molecule has 2 N–H and O–H groups in total. The molecular weight excluding hydrogens is 262 g/mol. The number of nitrogens with one attached hydrogen (secondary N) is 1. The van der Waals surface area contributed by atoms with Crippen LogP contribution in [0.4, 0.5) is 0 Å². The third kappa shape index (κ3) is 5.34. The minimum Gasteiger partial charge on any atom is -0.481 e. The van der Waals surface area contributed by atoms with Crippen LogP contribution in [0.15, 0.2) is 18.2 Å². The van der Waals surface area contributed by atoms with Gasteiger partial charge in [-0.05, 0) is 31.9 Å². The van der Waals surface area contributed by atoms with E-state index >= 15 is 0 Å². The van der Waals surface area contributed by atoms with Gasteiger partial charge in [0.25, 0.3) is 0 Å². The predicted octanol–water partition coefficient (Wildman–Crippen LogP) is 2.30. The third-order valence-electron chi connectivity index (χ3n) is 2.74. The highest BCUT2D eigenvalue weighted by Gasteiger charge is 2.12. The standard InChI is InChI=1S/C14H19NO3S/c1-9-4-5-10(2)12(6-9)11(3)15-13(16)7-19-8-14(17)18/h4-6,11H,7-8H2,1-3H3,(H,15,16)(H,17,18). The number of benzene rings is 1. The number of rotatable bonds is 6. The zero-order chi connectivity index (χ0) is 14.4. The third-order valence-corrected chi connectivity index (χ3v) is 3.65. The molecule has 0 fully saturated rings. The summed E-state index contributed by atoms with van der Waals surface area (Å²) in [7, 11) is 0. The summed E-state index contributed by atoms with van der Waals surface area (Å²) >= 11 is 1.10. The number of aliphatic carboxylic acids is 1. The second kappa shape index (κ2) is 7.19. The van der Waals surface area contributed by atoms with Gasteiger partial charge in [0.2, 0.25) is 5.91 Å². The first-order valence-corrected chi connectivity index (χ1v) is 7.21. The molecule has 1 aromatic rings. The Hall–Kier alpha value is -1.49. The number of hydrogen-bond acceptors (Lipinski definition) is 3. The molecule has 0 heterocycles. The van der Waals surface area contributed by atoms with Crippen LogP contribution in [0.3, 0.4) is 0 Å². The van der Waals surface area contributed by atoms with E-state index in [1.54, 1.807) is 0 Å². The Morgan fingerprint density at radius 3 is 2.63 bits per heavy atom. The monoisotopic (exact) mass is 281 g/mol. The Morgan fingerprint density at radius 2 is 2.00 bits per heavy atom. The summed E-state index contributed by atoms with van der Waals surface area (Å²) in [6.45, 7) is 5.96. The summed E-state index contributed by atoms with van der Waals surface area (Å²) in [6.07, 6.45) is 0. The van der Waals surface area contributed by atoms with Gasteiger partial charge in [0.15, 0.2) is 0 Å². The van der Waals surface area contributed by atoms with Gasteiger partial charge in [0.05, 0.1) is 17.5 Å². The van der Waals surface area contributed by atoms with E-state index < -0.39 is 5.97 Å². The van der Waals surface area contributed by atoms with Gasteiger partial charge in [0.1, 0.15) is 0 Å². The normalized spacial score (nSPS) is 11.9. The number of carbonyl (C=O) groups is 2. The Labute approximate surface area is 117 Å². The summed E-state index contributed by atoms with van der Waals surface area (Å²) in [6, 6.07) is 6.06. The molecule has 104 valence electrons.